The summed E-state index contributed by atoms with van der Waals surface area (Å²) < 4.78 is 6.85. The van der Waals surface area contributed by atoms with E-state index in [-0.39, 0.29) is 12.0 Å². The third-order valence-corrected chi connectivity index (χ3v) is 3.55. The van der Waals surface area contributed by atoms with Crippen LogP contribution in [0.15, 0.2) is 30.3 Å². The quantitative estimate of drug-likeness (QED) is 0.833. The number of carbonyl (C=O) groups excluding carboxylic acids is 1. The molecule has 0 spiro atoms. The highest BCUT2D eigenvalue weighted by atomic mass is 16.5. The van der Waals surface area contributed by atoms with Crippen molar-refractivity contribution in [2.45, 2.75) is 33.4 Å². The lowest BCUT2D eigenvalue weighted by Crippen LogP contribution is -2.29. The van der Waals surface area contributed by atoms with E-state index in [1.807, 2.05) is 45.2 Å². The molecule has 2 rings (SSSR count). The molecule has 0 saturated heterocycles. The summed E-state index contributed by atoms with van der Waals surface area (Å²) in [6, 6.07) is 10.1. The van der Waals surface area contributed by atoms with Crippen molar-refractivity contribution >= 4 is 5.97 Å². The first kappa shape index (κ1) is 16.2. The van der Waals surface area contributed by atoms with E-state index < -0.39 is 0 Å². The molecule has 0 aliphatic rings. The van der Waals surface area contributed by atoms with Gasteiger partial charge in [0.05, 0.1) is 18.8 Å². The first-order valence-corrected chi connectivity index (χ1v) is 7.54. The fourth-order valence-corrected chi connectivity index (χ4v) is 2.14. The van der Waals surface area contributed by atoms with Crippen LogP contribution in [0.25, 0.3) is 11.3 Å². The maximum atomic E-state index is 12.1. The minimum absolute atomic E-state index is 0.207. The summed E-state index contributed by atoms with van der Waals surface area (Å²) in [7, 11) is 1.89. The Kier molecular flexibility index (Phi) is 5.33. The average molecular weight is 301 g/mol. The van der Waals surface area contributed by atoms with Crippen molar-refractivity contribution < 1.29 is 9.53 Å². The van der Waals surface area contributed by atoms with Gasteiger partial charge in [-0.3, -0.25) is 4.68 Å². The van der Waals surface area contributed by atoms with E-state index in [4.69, 9.17) is 4.74 Å². The Hall–Kier alpha value is -2.14. The SMILES string of the molecule is CCOC(=O)c1cc(-c2ccc(C)cc2)nn1CC(C)NC. The Morgan fingerprint density at radius 1 is 1.36 bits per heavy atom. The maximum absolute atomic E-state index is 12.1. The average Bonchev–Trinajstić information content (AvgIpc) is 2.92. The summed E-state index contributed by atoms with van der Waals surface area (Å²) in [5.41, 5.74) is 3.45. The van der Waals surface area contributed by atoms with Crippen LogP contribution in [0.5, 0.6) is 0 Å². The lowest BCUT2D eigenvalue weighted by atomic mass is 10.1. The zero-order valence-electron chi connectivity index (χ0n) is 13.6. The molecule has 1 heterocycles. The van der Waals surface area contributed by atoms with E-state index in [2.05, 4.69) is 10.4 Å². The summed E-state index contributed by atoms with van der Waals surface area (Å²) in [5.74, 6) is -0.336. The predicted molar refractivity (Wildman–Crippen MR) is 86.9 cm³/mol. The minimum atomic E-state index is -0.336. The van der Waals surface area contributed by atoms with Crippen LogP contribution in [0.4, 0.5) is 0 Å². The second-order valence-corrected chi connectivity index (χ2v) is 5.37. The number of esters is 1. The van der Waals surface area contributed by atoms with Crippen LogP contribution in [0, 0.1) is 6.92 Å². The van der Waals surface area contributed by atoms with Gasteiger partial charge in [0.25, 0.3) is 0 Å². The van der Waals surface area contributed by atoms with Gasteiger partial charge in [-0.05, 0) is 33.9 Å². The number of nitrogens with one attached hydrogen (secondary N) is 1. The number of benzene rings is 1. The first-order valence-electron chi connectivity index (χ1n) is 7.54. The van der Waals surface area contributed by atoms with Gasteiger partial charge in [-0.25, -0.2) is 4.79 Å². The van der Waals surface area contributed by atoms with E-state index in [1.54, 1.807) is 17.7 Å². The molecule has 5 heteroatoms. The number of nitrogens with zero attached hydrogens (tertiary/aromatic N) is 2. The highest BCUT2D eigenvalue weighted by Gasteiger charge is 2.18. The van der Waals surface area contributed by atoms with Crippen molar-refractivity contribution in [1.29, 1.82) is 0 Å². The molecule has 1 aromatic heterocycles. The van der Waals surface area contributed by atoms with Crippen LogP contribution in [0.2, 0.25) is 0 Å². The van der Waals surface area contributed by atoms with Gasteiger partial charge in [0.15, 0.2) is 0 Å². The molecule has 2 aromatic rings. The van der Waals surface area contributed by atoms with Crippen LogP contribution < -0.4 is 5.32 Å². The molecular formula is C17H23N3O2. The number of carbonyl (C=O) groups is 1. The second kappa shape index (κ2) is 7.22. The molecule has 1 aromatic carbocycles. The fourth-order valence-electron chi connectivity index (χ4n) is 2.14. The monoisotopic (exact) mass is 301 g/mol. The minimum Gasteiger partial charge on any atom is -0.461 e. The van der Waals surface area contributed by atoms with Gasteiger partial charge in [-0.15, -0.1) is 0 Å². The van der Waals surface area contributed by atoms with Crippen LogP contribution in [-0.4, -0.2) is 35.4 Å². The molecule has 5 nitrogen and oxygen atoms in total. The van der Waals surface area contributed by atoms with Crippen molar-refractivity contribution in [2.24, 2.45) is 0 Å². The largest absolute Gasteiger partial charge is 0.461 e. The summed E-state index contributed by atoms with van der Waals surface area (Å²) in [4.78, 5) is 12.1. The Labute approximate surface area is 131 Å². The number of rotatable bonds is 6. The van der Waals surface area contributed by atoms with Gasteiger partial charge in [-0.2, -0.15) is 5.10 Å². The lowest BCUT2D eigenvalue weighted by molar-refractivity contribution is 0.0511. The van der Waals surface area contributed by atoms with E-state index in [9.17, 15) is 4.79 Å². The summed E-state index contributed by atoms with van der Waals surface area (Å²) in [6.07, 6.45) is 0. The molecule has 0 fully saturated rings. The number of aryl methyl sites for hydroxylation is 1. The van der Waals surface area contributed by atoms with Gasteiger partial charge >= 0.3 is 5.97 Å². The number of likely N-dealkylation sites (N-methyl/N-ethyl adjacent to an activating group) is 1. The molecule has 22 heavy (non-hydrogen) atoms. The molecule has 1 N–H and O–H groups in total. The number of ether oxygens (including phenoxy) is 1. The molecule has 0 bridgehead atoms. The molecule has 0 radical (unpaired) electrons. The Morgan fingerprint density at radius 3 is 2.64 bits per heavy atom. The molecule has 0 aliphatic carbocycles. The van der Waals surface area contributed by atoms with Crippen molar-refractivity contribution in [3.05, 3.63) is 41.6 Å². The molecule has 1 unspecified atom stereocenters. The fraction of sp³-hybridized carbons (Fsp3) is 0.412. The third-order valence-electron chi connectivity index (χ3n) is 3.55. The molecule has 0 saturated carbocycles. The van der Waals surface area contributed by atoms with Crippen LogP contribution >= 0.6 is 0 Å². The maximum Gasteiger partial charge on any atom is 0.356 e. The second-order valence-electron chi connectivity index (χ2n) is 5.37. The Morgan fingerprint density at radius 2 is 2.05 bits per heavy atom. The number of hydrogen-bond acceptors (Lipinski definition) is 4. The van der Waals surface area contributed by atoms with Gasteiger partial charge < -0.3 is 10.1 Å². The first-order chi connectivity index (χ1) is 10.5. The predicted octanol–water partition coefficient (Wildman–Crippen LogP) is 2.64. The van der Waals surface area contributed by atoms with Gasteiger partial charge in [-0.1, -0.05) is 29.8 Å². The van der Waals surface area contributed by atoms with Gasteiger partial charge in [0.2, 0.25) is 0 Å². The third kappa shape index (κ3) is 3.74. The van der Waals surface area contributed by atoms with Gasteiger partial charge in [0.1, 0.15) is 5.69 Å². The smallest absolute Gasteiger partial charge is 0.356 e. The van der Waals surface area contributed by atoms with Crippen molar-refractivity contribution in [3.8, 4) is 11.3 Å². The summed E-state index contributed by atoms with van der Waals surface area (Å²) in [5, 5.41) is 7.73. The van der Waals surface area contributed by atoms with E-state index >= 15 is 0 Å². The lowest BCUT2D eigenvalue weighted by Gasteiger charge is -2.12. The van der Waals surface area contributed by atoms with Crippen molar-refractivity contribution in [3.63, 3.8) is 0 Å². The molecule has 118 valence electrons. The van der Waals surface area contributed by atoms with Crippen LogP contribution in [-0.2, 0) is 11.3 Å². The topological polar surface area (TPSA) is 56.1 Å². The number of aromatic nitrogens is 2. The number of hydrogen-bond donors (Lipinski definition) is 1. The highest BCUT2D eigenvalue weighted by Crippen LogP contribution is 2.20. The van der Waals surface area contributed by atoms with E-state index in [1.165, 1.54) is 5.56 Å². The standard InChI is InChI=1S/C17H23N3O2/c1-5-22-17(21)16-10-15(14-8-6-12(2)7-9-14)19-20(16)11-13(3)18-4/h6-10,13,18H,5,11H2,1-4H3. The Balaban J connectivity index is 2.37. The Bertz CT molecular complexity index is 632. The zero-order valence-corrected chi connectivity index (χ0v) is 13.6. The van der Waals surface area contributed by atoms with E-state index in [0.29, 0.717) is 18.8 Å². The summed E-state index contributed by atoms with van der Waals surface area (Å²) in [6.45, 7) is 6.85. The zero-order chi connectivity index (χ0) is 16.1. The highest BCUT2D eigenvalue weighted by molar-refractivity contribution is 5.89. The van der Waals surface area contributed by atoms with Gasteiger partial charge in [0, 0.05) is 11.6 Å². The van der Waals surface area contributed by atoms with Crippen molar-refractivity contribution in [2.75, 3.05) is 13.7 Å². The molecule has 0 aliphatic heterocycles. The normalized spacial score (nSPS) is 12.2. The molecule has 1 atom stereocenters. The molecular weight excluding hydrogens is 278 g/mol. The summed E-state index contributed by atoms with van der Waals surface area (Å²) >= 11 is 0. The van der Waals surface area contributed by atoms with Crippen LogP contribution in [0.3, 0.4) is 0 Å². The van der Waals surface area contributed by atoms with E-state index in [0.717, 1.165) is 11.3 Å². The molecule has 0 amide bonds. The van der Waals surface area contributed by atoms with Crippen LogP contribution in [0.1, 0.15) is 29.9 Å². The van der Waals surface area contributed by atoms with Crippen molar-refractivity contribution in [1.82, 2.24) is 15.1 Å².